The summed E-state index contributed by atoms with van der Waals surface area (Å²) >= 11 is 1.34. The van der Waals surface area contributed by atoms with Crippen LogP contribution in [-0.4, -0.2) is 44.8 Å². The van der Waals surface area contributed by atoms with Gasteiger partial charge in [0.05, 0.1) is 18.2 Å². The Morgan fingerprint density at radius 3 is 3.16 bits per heavy atom. The van der Waals surface area contributed by atoms with Crippen LogP contribution in [0.25, 0.3) is 5.65 Å². The summed E-state index contributed by atoms with van der Waals surface area (Å²) in [6, 6.07) is 7.66. The van der Waals surface area contributed by atoms with Gasteiger partial charge < -0.3 is 4.90 Å². The number of thioether (sulfide) groups is 1. The van der Waals surface area contributed by atoms with E-state index >= 15 is 0 Å². The molecule has 0 aromatic carbocycles. The number of amides is 1. The number of carbonyl (C=O) groups is 1. The largest absolute Gasteiger partial charge is 0.344 e. The Morgan fingerprint density at radius 2 is 2.37 bits per heavy atom. The van der Waals surface area contributed by atoms with Crippen molar-refractivity contribution in [1.29, 1.82) is 5.26 Å². The van der Waals surface area contributed by atoms with Gasteiger partial charge in [-0.15, -0.1) is 10.2 Å². The molecular weight excluding hydrogens is 262 g/mol. The minimum Gasteiger partial charge on any atom is -0.344 e. The van der Waals surface area contributed by atoms with E-state index in [2.05, 4.69) is 10.2 Å². The lowest BCUT2D eigenvalue weighted by molar-refractivity contribution is -0.127. The maximum Gasteiger partial charge on any atom is 0.232 e. The van der Waals surface area contributed by atoms with Crippen molar-refractivity contribution in [3.8, 4) is 6.07 Å². The smallest absolute Gasteiger partial charge is 0.232 e. The van der Waals surface area contributed by atoms with Crippen LogP contribution in [0.2, 0.25) is 0 Å². The van der Waals surface area contributed by atoms with Crippen LogP contribution in [0.3, 0.4) is 0 Å². The first-order valence-electron chi connectivity index (χ1n) is 5.76. The van der Waals surface area contributed by atoms with Crippen molar-refractivity contribution in [3.63, 3.8) is 0 Å². The molecule has 19 heavy (non-hydrogen) atoms. The lowest BCUT2D eigenvalue weighted by Gasteiger charge is -2.14. The average Bonchev–Trinajstić information content (AvgIpc) is 2.85. The second-order valence-electron chi connectivity index (χ2n) is 3.92. The molecule has 0 bridgehead atoms. The molecule has 0 aliphatic carbocycles. The molecule has 7 heteroatoms. The maximum atomic E-state index is 11.8. The van der Waals surface area contributed by atoms with Gasteiger partial charge in [0.15, 0.2) is 10.8 Å². The molecule has 0 unspecified atom stereocenters. The number of pyridine rings is 1. The molecule has 1 amide bonds. The molecule has 0 atom stereocenters. The zero-order valence-electron chi connectivity index (χ0n) is 10.5. The van der Waals surface area contributed by atoms with Gasteiger partial charge in [-0.3, -0.25) is 9.20 Å². The van der Waals surface area contributed by atoms with Crippen molar-refractivity contribution in [2.45, 2.75) is 11.6 Å². The number of carbonyl (C=O) groups excluding carboxylic acids is 1. The monoisotopic (exact) mass is 275 g/mol. The third-order valence-electron chi connectivity index (χ3n) is 2.59. The highest BCUT2D eigenvalue weighted by Gasteiger charge is 2.11. The predicted octanol–water partition coefficient (Wildman–Crippen LogP) is 1.19. The van der Waals surface area contributed by atoms with E-state index in [1.165, 1.54) is 11.8 Å². The molecular formula is C12H13N5OS. The molecule has 0 saturated heterocycles. The van der Waals surface area contributed by atoms with Crippen molar-refractivity contribution < 1.29 is 4.79 Å². The zero-order valence-corrected chi connectivity index (χ0v) is 11.3. The molecule has 2 rings (SSSR count). The van der Waals surface area contributed by atoms with E-state index < -0.39 is 0 Å². The summed E-state index contributed by atoms with van der Waals surface area (Å²) in [6.45, 7) is 0.455. The number of hydrogen-bond donors (Lipinski definition) is 0. The highest BCUT2D eigenvalue weighted by molar-refractivity contribution is 7.99. The molecule has 0 saturated carbocycles. The van der Waals surface area contributed by atoms with Crippen LogP contribution >= 0.6 is 11.8 Å². The Balaban J connectivity index is 1.95. The maximum absolute atomic E-state index is 11.8. The van der Waals surface area contributed by atoms with Crippen LogP contribution in [0, 0.1) is 11.3 Å². The summed E-state index contributed by atoms with van der Waals surface area (Å²) in [5.74, 6) is 0.269. The lowest BCUT2D eigenvalue weighted by Crippen LogP contribution is -2.29. The summed E-state index contributed by atoms with van der Waals surface area (Å²) in [7, 11) is 1.70. The highest BCUT2D eigenvalue weighted by atomic mass is 32.2. The number of aromatic nitrogens is 3. The Bertz CT molecular complexity index is 618. The third-order valence-corrected chi connectivity index (χ3v) is 3.52. The predicted molar refractivity (Wildman–Crippen MR) is 71.6 cm³/mol. The molecule has 2 heterocycles. The first-order valence-corrected chi connectivity index (χ1v) is 6.74. The molecule has 98 valence electrons. The molecule has 0 aliphatic heterocycles. The minimum absolute atomic E-state index is 0.0204. The second kappa shape index (κ2) is 6.20. The zero-order chi connectivity index (χ0) is 13.7. The Morgan fingerprint density at radius 1 is 1.53 bits per heavy atom. The van der Waals surface area contributed by atoms with E-state index in [9.17, 15) is 4.79 Å². The molecule has 0 N–H and O–H groups in total. The summed E-state index contributed by atoms with van der Waals surface area (Å²) < 4.78 is 1.84. The van der Waals surface area contributed by atoms with Gasteiger partial charge in [0.2, 0.25) is 5.91 Å². The van der Waals surface area contributed by atoms with Crippen LogP contribution < -0.4 is 0 Å². The Kier molecular flexibility index (Phi) is 4.36. The SMILES string of the molecule is CN(CCC#N)C(=O)CSc1nnc2ccccn12. The average molecular weight is 275 g/mol. The van der Waals surface area contributed by atoms with Crippen LogP contribution in [0.1, 0.15) is 6.42 Å². The number of hydrogen-bond acceptors (Lipinski definition) is 5. The number of nitrogens with zero attached hydrogens (tertiary/aromatic N) is 5. The third kappa shape index (κ3) is 3.23. The van der Waals surface area contributed by atoms with Crippen molar-refractivity contribution >= 4 is 23.3 Å². The number of rotatable bonds is 5. The van der Waals surface area contributed by atoms with E-state index in [1.807, 2.05) is 34.9 Å². The van der Waals surface area contributed by atoms with Gasteiger partial charge in [0, 0.05) is 19.8 Å². The highest BCUT2D eigenvalue weighted by Crippen LogP contribution is 2.16. The van der Waals surface area contributed by atoms with Crippen molar-refractivity contribution in [2.75, 3.05) is 19.3 Å². The molecule has 6 nitrogen and oxygen atoms in total. The first kappa shape index (κ1) is 13.4. The topological polar surface area (TPSA) is 74.3 Å². The first-order chi connectivity index (χ1) is 9.22. The van der Waals surface area contributed by atoms with E-state index in [1.54, 1.807) is 11.9 Å². The minimum atomic E-state index is -0.0204. The lowest BCUT2D eigenvalue weighted by atomic mass is 10.4. The van der Waals surface area contributed by atoms with Gasteiger partial charge >= 0.3 is 0 Å². The van der Waals surface area contributed by atoms with Gasteiger partial charge in [-0.05, 0) is 12.1 Å². The Hall–Kier alpha value is -2.07. The van der Waals surface area contributed by atoms with Crippen LogP contribution in [0.5, 0.6) is 0 Å². The van der Waals surface area contributed by atoms with Gasteiger partial charge in [0.1, 0.15) is 0 Å². The number of fused-ring (bicyclic) bond motifs is 1. The standard InChI is InChI=1S/C12H13N5OS/c1-16(7-4-6-13)11(18)9-19-12-15-14-10-5-2-3-8-17(10)12/h2-3,5,8H,4,7,9H2,1H3. The van der Waals surface area contributed by atoms with Gasteiger partial charge in [-0.2, -0.15) is 5.26 Å². The van der Waals surface area contributed by atoms with Gasteiger partial charge in [-0.25, -0.2) is 0 Å². The molecule has 0 radical (unpaired) electrons. The van der Waals surface area contributed by atoms with Crippen molar-refractivity contribution in [3.05, 3.63) is 24.4 Å². The van der Waals surface area contributed by atoms with Gasteiger partial charge in [0.25, 0.3) is 0 Å². The summed E-state index contributed by atoms with van der Waals surface area (Å²) in [5.41, 5.74) is 0.760. The quantitative estimate of drug-likeness (QED) is 0.766. The fourth-order valence-corrected chi connectivity index (χ4v) is 2.36. The molecule has 0 fully saturated rings. The van der Waals surface area contributed by atoms with E-state index in [0.717, 1.165) is 5.65 Å². The van der Waals surface area contributed by atoms with E-state index in [-0.39, 0.29) is 11.7 Å². The van der Waals surface area contributed by atoms with E-state index in [0.29, 0.717) is 18.1 Å². The van der Waals surface area contributed by atoms with Crippen LogP contribution in [0.4, 0.5) is 0 Å². The van der Waals surface area contributed by atoms with Crippen LogP contribution in [-0.2, 0) is 4.79 Å². The fourth-order valence-electron chi connectivity index (χ4n) is 1.50. The van der Waals surface area contributed by atoms with Crippen molar-refractivity contribution in [1.82, 2.24) is 19.5 Å². The second-order valence-corrected chi connectivity index (χ2v) is 4.87. The summed E-state index contributed by atoms with van der Waals surface area (Å²) in [6.07, 6.45) is 2.21. The fraction of sp³-hybridized carbons (Fsp3) is 0.333. The molecule has 0 spiro atoms. The number of nitriles is 1. The molecule has 2 aromatic rings. The van der Waals surface area contributed by atoms with Crippen molar-refractivity contribution in [2.24, 2.45) is 0 Å². The van der Waals surface area contributed by atoms with Crippen LogP contribution in [0.15, 0.2) is 29.6 Å². The van der Waals surface area contributed by atoms with Gasteiger partial charge in [-0.1, -0.05) is 17.8 Å². The molecule has 2 aromatic heterocycles. The summed E-state index contributed by atoms with van der Waals surface area (Å²) in [5, 5.41) is 17.2. The molecule has 0 aliphatic rings. The van der Waals surface area contributed by atoms with E-state index in [4.69, 9.17) is 5.26 Å². The normalized spacial score (nSPS) is 10.3. The Labute approximate surface area is 115 Å². The summed E-state index contributed by atoms with van der Waals surface area (Å²) in [4.78, 5) is 13.4.